The molecule has 0 aliphatic rings. The minimum atomic E-state index is -0.154. The Morgan fingerprint density at radius 3 is 2.96 bits per heavy atom. The minimum Gasteiger partial charge on any atom is -0.351 e. The molecule has 3 aromatic rings. The zero-order chi connectivity index (χ0) is 17.6. The van der Waals surface area contributed by atoms with Gasteiger partial charge in [-0.05, 0) is 37.3 Å². The average molecular weight is 355 g/mol. The van der Waals surface area contributed by atoms with E-state index in [-0.39, 0.29) is 5.91 Å². The predicted octanol–water partition coefficient (Wildman–Crippen LogP) is 3.07. The Bertz CT molecular complexity index is 877. The number of nitrogens with one attached hydrogen (secondary N) is 1. The van der Waals surface area contributed by atoms with Gasteiger partial charge in [0.25, 0.3) is 5.91 Å². The Morgan fingerprint density at radius 1 is 1.28 bits per heavy atom. The topological polar surface area (TPSA) is 72.7 Å². The van der Waals surface area contributed by atoms with Crippen LogP contribution in [0, 0.1) is 6.92 Å². The largest absolute Gasteiger partial charge is 0.351 e. The van der Waals surface area contributed by atoms with Crippen molar-refractivity contribution in [2.45, 2.75) is 32.0 Å². The van der Waals surface area contributed by atoms with Gasteiger partial charge in [-0.25, -0.2) is 15.0 Å². The van der Waals surface area contributed by atoms with Crippen molar-refractivity contribution in [3.8, 4) is 0 Å². The molecule has 0 bridgehead atoms. The lowest BCUT2D eigenvalue weighted by Crippen LogP contribution is -2.26. The van der Waals surface area contributed by atoms with E-state index in [1.165, 1.54) is 11.8 Å². The minimum absolute atomic E-state index is 0.154. The van der Waals surface area contributed by atoms with E-state index < -0.39 is 0 Å². The van der Waals surface area contributed by atoms with Crippen molar-refractivity contribution in [2.75, 3.05) is 12.3 Å². The molecule has 1 amide bonds. The standard InChI is InChI=1S/C18H21N5OS/c1-3-25-18-21-13(2)11-15(22-18)17(24)19-9-6-10-23-12-20-14-7-4-5-8-16(14)23/h4-5,7-8,11-12H,3,6,9-10H2,1-2H3,(H,19,24). The molecule has 25 heavy (non-hydrogen) atoms. The van der Waals surface area contributed by atoms with Crippen molar-refractivity contribution >= 4 is 28.7 Å². The molecular weight excluding hydrogens is 334 g/mol. The number of aromatic nitrogens is 4. The Kier molecular flexibility index (Phi) is 5.65. The van der Waals surface area contributed by atoms with Crippen LogP contribution in [-0.4, -0.2) is 37.7 Å². The molecule has 1 aromatic carbocycles. The summed E-state index contributed by atoms with van der Waals surface area (Å²) in [5.74, 6) is 0.725. The van der Waals surface area contributed by atoms with E-state index in [2.05, 4.69) is 30.9 Å². The first-order chi connectivity index (χ1) is 12.2. The van der Waals surface area contributed by atoms with E-state index in [4.69, 9.17) is 0 Å². The van der Waals surface area contributed by atoms with Gasteiger partial charge in [-0.2, -0.15) is 0 Å². The summed E-state index contributed by atoms with van der Waals surface area (Å²) >= 11 is 1.54. The maximum Gasteiger partial charge on any atom is 0.270 e. The molecule has 2 aromatic heterocycles. The second kappa shape index (κ2) is 8.11. The van der Waals surface area contributed by atoms with Crippen molar-refractivity contribution in [3.63, 3.8) is 0 Å². The number of nitrogens with zero attached hydrogens (tertiary/aromatic N) is 4. The van der Waals surface area contributed by atoms with Crippen LogP contribution < -0.4 is 5.32 Å². The highest BCUT2D eigenvalue weighted by molar-refractivity contribution is 7.99. The highest BCUT2D eigenvalue weighted by atomic mass is 32.2. The first-order valence-electron chi connectivity index (χ1n) is 8.34. The number of imidazole rings is 1. The molecule has 130 valence electrons. The number of hydrogen-bond acceptors (Lipinski definition) is 5. The Balaban J connectivity index is 1.54. The van der Waals surface area contributed by atoms with E-state index in [1.54, 1.807) is 6.07 Å². The molecule has 0 radical (unpaired) electrons. The number of para-hydroxylation sites is 2. The van der Waals surface area contributed by atoms with Gasteiger partial charge in [0, 0.05) is 18.8 Å². The van der Waals surface area contributed by atoms with Crippen molar-refractivity contribution in [1.82, 2.24) is 24.8 Å². The number of carbonyl (C=O) groups is 1. The van der Waals surface area contributed by atoms with Crippen LogP contribution in [0.25, 0.3) is 11.0 Å². The fraction of sp³-hybridized carbons (Fsp3) is 0.333. The molecule has 0 saturated carbocycles. The quantitative estimate of drug-likeness (QED) is 0.401. The van der Waals surface area contributed by atoms with E-state index in [0.29, 0.717) is 17.4 Å². The van der Waals surface area contributed by atoms with Crippen LogP contribution >= 0.6 is 11.8 Å². The third kappa shape index (κ3) is 4.36. The van der Waals surface area contributed by atoms with Gasteiger partial charge in [0.1, 0.15) is 5.69 Å². The Morgan fingerprint density at radius 2 is 2.12 bits per heavy atom. The lowest BCUT2D eigenvalue weighted by molar-refractivity contribution is 0.0946. The molecule has 0 unspecified atom stereocenters. The number of carbonyl (C=O) groups excluding carboxylic acids is 1. The molecule has 0 saturated heterocycles. The molecule has 3 rings (SSSR count). The fourth-order valence-corrected chi connectivity index (χ4v) is 3.21. The molecule has 0 spiro atoms. The van der Waals surface area contributed by atoms with Crippen LogP contribution in [-0.2, 0) is 6.54 Å². The van der Waals surface area contributed by atoms with Crippen molar-refractivity contribution < 1.29 is 4.79 Å². The normalized spacial score (nSPS) is 11.0. The maximum absolute atomic E-state index is 12.3. The number of rotatable bonds is 7. The van der Waals surface area contributed by atoms with Gasteiger partial charge in [-0.15, -0.1) is 0 Å². The number of amides is 1. The van der Waals surface area contributed by atoms with E-state index in [1.807, 2.05) is 38.4 Å². The van der Waals surface area contributed by atoms with Gasteiger partial charge in [-0.3, -0.25) is 4.79 Å². The summed E-state index contributed by atoms with van der Waals surface area (Å²) in [6.45, 7) is 5.31. The van der Waals surface area contributed by atoms with Gasteiger partial charge in [0.05, 0.1) is 17.4 Å². The lowest BCUT2D eigenvalue weighted by Gasteiger charge is -2.08. The van der Waals surface area contributed by atoms with Crippen LogP contribution in [0.5, 0.6) is 0 Å². The SMILES string of the molecule is CCSc1nc(C)cc(C(=O)NCCCn2cnc3ccccc32)n1. The predicted molar refractivity (Wildman–Crippen MR) is 99.9 cm³/mol. The van der Waals surface area contributed by atoms with Gasteiger partial charge in [-0.1, -0.05) is 30.8 Å². The average Bonchev–Trinajstić information content (AvgIpc) is 3.01. The maximum atomic E-state index is 12.3. The molecule has 1 N–H and O–H groups in total. The van der Waals surface area contributed by atoms with E-state index in [0.717, 1.165) is 35.4 Å². The summed E-state index contributed by atoms with van der Waals surface area (Å²) in [6.07, 6.45) is 2.67. The molecule has 0 aliphatic heterocycles. The number of aryl methyl sites for hydroxylation is 2. The molecule has 7 heteroatoms. The summed E-state index contributed by atoms with van der Waals surface area (Å²) in [7, 11) is 0. The van der Waals surface area contributed by atoms with Crippen molar-refractivity contribution in [2.24, 2.45) is 0 Å². The molecule has 0 fully saturated rings. The van der Waals surface area contributed by atoms with Crippen LogP contribution in [0.2, 0.25) is 0 Å². The summed E-state index contributed by atoms with van der Waals surface area (Å²) in [5, 5.41) is 3.58. The molecule has 6 nitrogen and oxygen atoms in total. The van der Waals surface area contributed by atoms with Crippen molar-refractivity contribution in [3.05, 3.63) is 48.0 Å². The van der Waals surface area contributed by atoms with E-state index in [9.17, 15) is 4.79 Å². The second-order valence-corrected chi connectivity index (χ2v) is 6.88. The fourth-order valence-electron chi connectivity index (χ4n) is 2.58. The highest BCUT2D eigenvalue weighted by Gasteiger charge is 2.10. The van der Waals surface area contributed by atoms with Gasteiger partial charge in [0.2, 0.25) is 0 Å². The number of hydrogen-bond donors (Lipinski definition) is 1. The molecular formula is C18H21N5OS. The van der Waals surface area contributed by atoms with Crippen LogP contribution in [0.1, 0.15) is 29.5 Å². The smallest absolute Gasteiger partial charge is 0.270 e. The summed E-state index contributed by atoms with van der Waals surface area (Å²) in [6, 6.07) is 9.76. The van der Waals surface area contributed by atoms with Crippen LogP contribution in [0.15, 0.2) is 41.8 Å². The van der Waals surface area contributed by atoms with Gasteiger partial charge < -0.3 is 9.88 Å². The third-order valence-corrected chi connectivity index (χ3v) is 4.46. The molecule has 2 heterocycles. The summed E-state index contributed by atoms with van der Waals surface area (Å²) in [4.78, 5) is 25.3. The van der Waals surface area contributed by atoms with Gasteiger partial charge in [0.15, 0.2) is 5.16 Å². The number of benzene rings is 1. The van der Waals surface area contributed by atoms with E-state index >= 15 is 0 Å². The Labute approximate surface area is 151 Å². The van der Waals surface area contributed by atoms with Gasteiger partial charge >= 0.3 is 0 Å². The zero-order valence-corrected chi connectivity index (χ0v) is 15.2. The lowest BCUT2D eigenvalue weighted by atomic mass is 10.3. The van der Waals surface area contributed by atoms with Crippen LogP contribution in [0.4, 0.5) is 0 Å². The second-order valence-electron chi connectivity index (χ2n) is 5.65. The zero-order valence-electron chi connectivity index (χ0n) is 14.4. The number of thioether (sulfide) groups is 1. The third-order valence-electron chi connectivity index (χ3n) is 3.73. The first kappa shape index (κ1) is 17.4. The summed E-state index contributed by atoms with van der Waals surface area (Å²) < 4.78 is 2.10. The number of fused-ring (bicyclic) bond motifs is 1. The summed E-state index contributed by atoms with van der Waals surface area (Å²) in [5.41, 5.74) is 3.34. The first-order valence-corrected chi connectivity index (χ1v) is 9.32. The molecule has 0 atom stereocenters. The highest BCUT2D eigenvalue weighted by Crippen LogP contribution is 2.14. The van der Waals surface area contributed by atoms with Crippen LogP contribution in [0.3, 0.4) is 0 Å². The Hall–Kier alpha value is -2.41. The molecule has 0 aliphatic carbocycles. The monoisotopic (exact) mass is 355 g/mol. The van der Waals surface area contributed by atoms with Crippen molar-refractivity contribution in [1.29, 1.82) is 0 Å².